The molecule has 1 aliphatic heterocycles. The van der Waals surface area contributed by atoms with Crippen molar-refractivity contribution in [3.8, 4) is 18.9 Å². The Kier molecular flexibility index (Phi) is 17.7. The molecule has 282 valence electrons. The van der Waals surface area contributed by atoms with Crippen molar-refractivity contribution in [1.29, 1.82) is 0 Å². The van der Waals surface area contributed by atoms with E-state index < -0.39 is 23.3 Å². The first-order valence-electron chi connectivity index (χ1n) is 16.7. The van der Waals surface area contributed by atoms with E-state index in [4.69, 9.17) is 8.92 Å². The zero-order valence-electron chi connectivity index (χ0n) is 30.2. The van der Waals surface area contributed by atoms with E-state index in [1.54, 1.807) is 48.7 Å². The zero-order chi connectivity index (χ0) is 38.8. The molecule has 1 saturated heterocycles. The summed E-state index contributed by atoms with van der Waals surface area (Å²) in [6.45, 7) is 17.7. The van der Waals surface area contributed by atoms with Gasteiger partial charge in [0, 0.05) is 31.5 Å². The van der Waals surface area contributed by atoms with Crippen molar-refractivity contribution < 1.29 is 31.2 Å². The van der Waals surface area contributed by atoms with Crippen molar-refractivity contribution in [1.82, 2.24) is 35.1 Å². The highest BCUT2D eigenvalue weighted by Crippen LogP contribution is 2.36. The number of piperidine rings is 1. The molecule has 0 spiro atoms. The molecule has 2 aliphatic rings. The third-order valence-corrected chi connectivity index (χ3v) is 7.89. The fourth-order valence-electron chi connectivity index (χ4n) is 5.59. The van der Waals surface area contributed by atoms with E-state index in [9.17, 15) is 22.3 Å². The van der Waals surface area contributed by atoms with Crippen molar-refractivity contribution in [2.24, 2.45) is 4.99 Å². The molecular formula is C36H47F3N8O4S. The molecule has 1 aromatic carbocycles. The highest BCUT2D eigenvalue weighted by Gasteiger charge is 2.33. The van der Waals surface area contributed by atoms with Crippen LogP contribution in [0.4, 0.5) is 28.1 Å². The maximum Gasteiger partial charge on any atom is 0.408 e. The average molecular weight is 745 g/mol. The molecule has 3 aromatic rings. The van der Waals surface area contributed by atoms with E-state index in [0.29, 0.717) is 61.7 Å². The molecule has 2 N–H and O–H groups in total. The molecule has 0 bridgehead atoms. The fraction of sp³-hybridized carbons (Fsp3) is 0.444. The summed E-state index contributed by atoms with van der Waals surface area (Å²) in [5.41, 5.74) is 1.22. The van der Waals surface area contributed by atoms with Crippen LogP contribution in [0.2, 0.25) is 0 Å². The SMILES string of the molecule is C#C.C=Cc1c(N=C)nc(OSF)n1C1CCN(C(=O)N[C@@H]2CCC[C@H](NC(=O)OC(C)(C)C)c3nccnc32)CC1.CC.Fc1ccccc1F. The Balaban J connectivity index is 0.000000672. The lowest BCUT2D eigenvalue weighted by Crippen LogP contribution is -2.46. The van der Waals surface area contributed by atoms with Gasteiger partial charge < -0.3 is 24.5 Å². The lowest BCUT2D eigenvalue weighted by Gasteiger charge is -2.34. The van der Waals surface area contributed by atoms with Gasteiger partial charge in [0.1, 0.15) is 5.60 Å². The summed E-state index contributed by atoms with van der Waals surface area (Å²) in [4.78, 5) is 44.7. The molecular weight excluding hydrogens is 698 g/mol. The predicted octanol–water partition coefficient (Wildman–Crippen LogP) is 8.64. The fourth-order valence-corrected chi connectivity index (χ4v) is 5.77. The number of rotatable bonds is 7. The van der Waals surface area contributed by atoms with Crippen molar-refractivity contribution in [3.05, 3.63) is 72.0 Å². The van der Waals surface area contributed by atoms with E-state index in [-0.39, 0.29) is 42.6 Å². The summed E-state index contributed by atoms with van der Waals surface area (Å²) in [5.74, 6) is -1.29. The Morgan fingerprint density at radius 3 is 2.00 bits per heavy atom. The van der Waals surface area contributed by atoms with Gasteiger partial charge >= 0.3 is 18.1 Å². The number of terminal acetylenes is 1. The molecule has 0 radical (unpaired) electrons. The van der Waals surface area contributed by atoms with Crippen molar-refractivity contribution in [3.63, 3.8) is 0 Å². The minimum atomic E-state index is -0.799. The monoisotopic (exact) mass is 744 g/mol. The Morgan fingerprint density at radius 1 is 1.00 bits per heavy atom. The van der Waals surface area contributed by atoms with Crippen LogP contribution >= 0.6 is 12.4 Å². The minimum Gasteiger partial charge on any atom is -0.444 e. The van der Waals surface area contributed by atoms with Crippen LogP contribution in [0, 0.1) is 24.5 Å². The van der Waals surface area contributed by atoms with Crippen LogP contribution in [-0.2, 0) is 4.74 Å². The number of hydrogen-bond acceptors (Lipinski definition) is 9. The van der Waals surface area contributed by atoms with Crippen LogP contribution in [0.3, 0.4) is 0 Å². The normalized spacial score (nSPS) is 16.7. The standard InChI is InChI=1S/C26H35FN8O4S.C6H4F2.C2H6.C2H2/c1-6-19-22(28-5)33-24(39-40-27)35(19)16-10-14-34(15-11-16)23(36)31-17-8-7-9-18(21-20(17)29-12-13-30-21)32-25(37)38-26(2,3)4;7-5-3-1-2-4-6(5)8;2*1-2/h6,12-13,16-18H,1,5,7-11,14-15H2,2-4H3,(H,31,36)(H,32,37);1-4H;1-2H3;1-2H/t17-,18+;;;/m1.../s1. The molecule has 3 heterocycles. The third-order valence-electron chi connectivity index (χ3n) is 7.68. The van der Waals surface area contributed by atoms with Crippen molar-refractivity contribution in [2.45, 2.75) is 90.4 Å². The highest BCUT2D eigenvalue weighted by atomic mass is 32.2. The van der Waals surface area contributed by atoms with Gasteiger partial charge in [-0.1, -0.05) is 32.6 Å². The van der Waals surface area contributed by atoms with Gasteiger partial charge in [0.15, 0.2) is 17.5 Å². The molecule has 3 amide bonds. The Labute approximate surface area is 308 Å². The number of imidazole rings is 1. The molecule has 0 unspecified atom stereocenters. The van der Waals surface area contributed by atoms with Crippen LogP contribution in [0.1, 0.15) is 102 Å². The lowest BCUT2D eigenvalue weighted by molar-refractivity contribution is 0.0499. The maximum absolute atomic E-state index is 13.3. The van der Waals surface area contributed by atoms with Gasteiger partial charge in [-0.15, -0.1) is 16.7 Å². The second-order valence-corrected chi connectivity index (χ2v) is 12.4. The smallest absolute Gasteiger partial charge is 0.408 e. The molecule has 0 saturated carbocycles. The molecule has 1 aliphatic carbocycles. The number of nitrogens with zero attached hydrogens (tertiary/aromatic N) is 6. The summed E-state index contributed by atoms with van der Waals surface area (Å²) in [6, 6.07) is 4.09. The topological polar surface area (TPSA) is 136 Å². The summed E-state index contributed by atoms with van der Waals surface area (Å²) < 4.78 is 49.0. The number of alkyl carbamates (subject to hydrolysis) is 1. The van der Waals surface area contributed by atoms with Crippen molar-refractivity contribution >= 4 is 43.2 Å². The van der Waals surface area contributed by atoms with Crippen LogP contribution in [-0.4, -0.2) is 62.0 Å². The number of carbonyl (C=O) groups is 2. The highest BCUT2D eigenvalue weighted by molar-refractivity contribution is 7.89. The zero-order valence-corrected chi connectivity index (χ0v) is 31.0. The second kappa shape index (κ2) is 21.4. The second-order valence-electron chi connectivity index (χ2n) is 12.1. The molecule has 2 atom stereocenters. The Morgan fingerprint density at radius 2 is 1.54 bits per heavy atom. The molecule has 2 aromatic heterocycles. The largest absolute Gasteiger partial charge is 0.444 e. The van der Waals surface area contributed by atoms with Gasteiger partial charge in [0.2, 0.25) is 0 Å². The number of aliphatic imine (C=N–C) groups is 1. The first kappa shape index (κ1) is 43.1. The van der Waals surface area contributed by atoms with E-state index >= 15 is 0 Å². The number of amides is 3. The van der Waals surface area contributed by atoms with Crippen molar-refractivity contribution in [2.75, 3.05) is 13.1 Å². The number of hydrogen-bond donors (Lipinski definition) is 2. The molecule has 12 nitrogen and oxygen atoms in total. The van der Waals surface area contributed by atoms with Crippen LogP contribution in [0.15, 0.2) is 48.2 Å². The number of halogens is 3. The van der Waals surface area contributed by atoms with E-state index in [1.807, 2.05) is 13.8 Å². The van der Waals surface area contributed by atoms with Crippen LogP contribution in [0.25, 0.3) is 6.08 Å². The molecule has 1 fully saturated rings. The van der Waals surface area contributed by atoms with Crippen LogP contribution in [0.5, 0.6) is 6.01 Å². The molecule has 16 heteroatoms. The Bertz CT molecular complexity index is 1620. The van der Waals surface area contributed by atoms with Gasteiger partial charge in [-0.05, 0) is 77.8 Å². The van der Waals surface area contributed by atoms with Crippen LogP contribution < -0.4 is 14.8 Å². The van der Waals surface area contributed by atoms with Gasteiger partial charge in [-0.3, -0.25) is 14.5 Å². The van der Waals surface area contributed by atoms with Gasteiger partial charge in [-0.2, -0.15) is 4.98 Å². The minimum absolute atomic E-state index is 0.0795. The number of nitrogens with one attached hydrogen (secondary N) is 2. The quantitative estimate of drug-likeness (QED) is 0.106. The first-order chi connectivity index (χ1) is 24.9. The van der Waals surface area contributed by atoms with Gasteiger partial charge in [0.25, 0.3) is 12.4 Å². The van der Waals surface area contributed by atoms with Gasteiger partial charge in [-0.25, -0.2) is 23.4 Å². The molecule has 52 heavy (non-hydrogen) atoms. The van der Waals surface area contributed by atoms with E-state index in [0.717, 1.165) is 18.6 Å². The summed E-state index contributed by atoms with van der Waals surface area (Å²) >= 11 is -0.293. The maximum atomic E-state index is 13.3. The predicted molar refractivity (Wildman–Crippen MR) is 198 cm³/mol. The third kappa shape index (κ3) is 12.0. The van der Waals surface area contributed by atoms with E-state index in [2.05, 4.69) is 56.7 Å². The average Bonchev–Trinajstić information content (AvgIpc) is 3.41. The number of urea groups is 1. The summed E-state index contributed by atoms with van der Waals surface area (Å²) in [5, 5.41) is 6.03. The number of ether oxygens (including phenoxy) is 1. The first-order valence-corrected chi connectivity index (χ1v) is 17.4. The number of likely N-dealkylation sites (tertiary alicyclic amines) is 1. The lowest BCUT2D eigenvalue weighted by atomic mass is 10.0. The number of benzene rings is 1. The Hall–Kier alpha value is -5.04. The molecule has 5 rings (SSSR count). The summed E-state index contributed by atoms with van der Waals surface area (Å²) in [6.07, 6.45) is 15.5. The number of fused-ring (bicyclic) bond motifs is 1. The number of aromatic nitrogens is 4. The van der Waals surface area contributed by atoms with E-state index in [1.165, 1.54) is 12.1 Å². The van der Waals surface area contributed by atoms with Gasteiger partial charge in [0.05, 0.1) is 29.2 Å². The number of carbonyl (C=O) groups excluding carboxylic acids is 2. The summed E-state index contributed by atoms with van der Waals surface area (Å²) in [7, 11) is 0.